The van der Waals surface area contributed by atoms with Gasteiger partial charge in [0.25, 0.3) is 0 Å². The smallest absolute Gasteiger partial charge is 0.212 e. The number of nitrogens with zero attached hydrogens (tertiary/aromatic N) is 2. The van der Waals surface area contributed by atoms with E-state index in [1.165, 1.54) is 40.0 Å². The molecule has 0 aliphatic rings. The first-order chi connectivity index (χ1) is 17.2. The zero-order valence-corrected chi connectivity index (χ0v) is 21.3. The molecule has 0 radical (unpaired) electrons. The van der Waals surface area contributed by atoms with E-state index in [1.807, 2.05) is 12.1 Å². The van der Waals surface area contributed by atoms with Gasteiger partial charge < -0.3 is 9.45 Å². The summed E-state index contributed by atoms with van der Waals surface area (Å²) in [6.07, 6.45) is 4.32. The molecule has 5 rings (SSSR count). The largest absolute Gasteiger partial charge is 0.744 e. The molecule has 0 saturated heterocycles. The number of benzene rings is 4. The molecule has 0 atom stereocenters. The molecule has 0 aliphatic carbocycles. The molecule has 0 spiro atoms. The molecule has 6 heteroatoms. The van der Waals surface area contributed by atoms with Crippen LogP contribution in [0.25, 0.3) is 33.8 Å². The van der Waals surface area contributed by atoms with Gasteiger partial charge in [-0.1, -0.05) is 54.6 Å². The van der Waals surface area contributed by atoms with Crippen LogP contribution in [0.3, 0.4) is 0 Å². The minimum absolute atomic E-state index is 0.184. The summed E-state index contributed by atoms with van der Waals surface area (Å²) >= 11 is 0. The Morgan fingerprint density at radius 1 is 0.722 bits per heavy atom. The first-order valence-corrected chi connectivity index (χ1v) is 12.9. The normalized spacial score (nSPS) is 11.4. The first-order valence-electron chi connectivity index (χ1n) is 11.5. The van der Waals surface area contributed by atoms with Crippen molar-refractivity contribution in [2.24, 2.45) is 7.05 Å². The van der Waals surface area contributed by atoms with Crippen LogP contribution in [0.1, 0.15) is 11.3 Å². The average Bonchev–Trinajstić information content (AvgIpc) is 2.88. The third-order valence-electron chi connectivity index (χ3n) is 5.98. The second-order valence-corrected chi connectivity index (χ2v) is 10.0. The van der Waals surface area contributed by atoms with Gasteiger partial charge in [-0.25, -0.2) is 8.42 Å². The monoisotopic (exact) mass is 496 g/mol. The van der Waals surface area contributed by atoms with Crippen LogP contribution < -0.4 is 9.47 Å². The zero-order chi connectivity index (χ0) is 25.7. The minimum atomic E-state index is -4.34. The minimum Gasteiger partial charge on any atom is -0.744 e. The topological polar surface area (TPSA) is 64.3 Å². The number of rotatable bonds is 4. The summed E-state index contributed by atoms with van der Waals surface area (Å²) in [5.74, 6) is 0. The van der Waals surface area contributed by atoms with E-state index in [1.54, 1.807) is 18.2 Å². The molecule has 36 heavy (non-hydrogen) atoms. The van der Waals surface area contributed by atoms with Gasteiger partial charge in [-0.05, 0) is 58.8 Å². The van der Waals surface area contributed by atoms with Gasteiger partial charge in [0.1, 0.15) is 17.2 Å². The van der Waals surface area contributed by atoms with Crippen molar-refractivity contribution in [2.45, 2.75) is 4.90 Å². The quantitative estimate of drug-likeness (QED) is 0.238. The number of anilines is 1. The van der Waals surface area contributed by atoms with E-state index in [0.29, 0.717) is 0 Å². The average molecular weight is 497 g/mol. The lowest BCUT2D eigenvalue weighted by atomic mass is 10.1. The third-order valence-corrected chi connectivity index (χ3v) is 6.82. The third kappa shape index (κ3) is 5.97. The highest BCUT2D eigenvalue weighted by molar-refractivity contribution is 7.85. The van der Waals surface area contributed by atoms with Crippen LogP contribution in [0.2, 0.25) is 0 Å². The van der Waals surface area contributed by atoms with Crippen LogP contribution >= 0.6 is 0 Å². The fourth-order valence-corrected chi connectivity index (χ4v) is 4.42. The lowest BCUT2D eigenvalue weighted by molar-refractivity contribution is -0.646. The molecule has 0 bridgehead atoms. The molecule has 5 aromatic rings. The maximum Gasteiger partial charge on any atom is 0.212 e. The Morgan fingerprint density at radius 3 is 2.00 bits per heavy atom. The van der Waals surface area contributed by atoms with Crippen molar-refractivity contribution in [3.05, 3.63) is 114 Å². The summed E-state index contributed by atoms with van der Waals surface area (Å²) in [6.45, 7) is 0. The van der Waals surface area contributed by atoms with Crippen LogP contribution in [0.4, 0.5) is 5.69 Å². The molecule has 182 valence electrons. The summed E-state index contributed by atoms with van der Waals surface area (Å²) < 4.78 is 34.4. The van der Waals surface area contributed by atoms with Gasteiger partial charge in [-0.3, -0.25) is 0 Å². The van der Waals surface area contributed by atoms with E-state index >= 15 is 0 Å². The molecule has 1 heterocycles. The van der Waals surface area contributed by atoms with Crippen molar-refractivity contribution >= 4 is 49.6 Å². The predicted molar refractivity (Wildman–Crippen MR) is 147 cm³/mol. The van der Waals surface area contributed by atoms with Gasteiger partial charge in [0.2, 0.25) is 11.2 Å². The van der Waals surface area contributed by atoms with E-state index in [0.717, 1.165) is 10.8 Å². The van der Waals surface area contributed by atoms with Crippen molar-refractivity contribution in [1.29, 1.82) is 0 Å². The molecule has 0 amide bonds. The first kappa shape index (κ1) is 25.1. The van der Waals surface area contributed by atoms with E-state index in [4.69, 9.17) is 0 Å². The van der Waals surface area contributed by atoms with Gasteiger partial charge >= 0.3 is 0 Å². The maximum absolute atomic E-state index is 10.7. The maximum atomic E-state index is 10.7. The molecular formula is C30H28N2O3S. The van der Waals surface area contributed by atoms with Gasteiger partial charge in [0, 0.05) is 43.4 Å². The van der Waals surface area contributed by atoms with Crippen molar-refractivity contribution in [3.8, 4) is 0 Å². The van der Waals surface area contributed by atoms with E-state index in [2.05, 4.69) is 103 Å². The second-order valence-electron chi connectivity index (χ2n) is 8.66. The SMILES string of the molecule is CN(C)c1ccc(C=Cc2ccc3ccccc3[n+]2C)cc1.O=S(=O)([O-])c1ccc2ccccc2c1. The van der Waals surface area contributed by atoms with Crippen molar-refractivity contribution < 1.29 is 17.5 Å². The van der Waals surface area contributed by atoms with Crippen molar-refractivity contribution in [2.75, 3.05) is 19.0 Å². The standard InChI is InChI=1S/C20H21N2.C10H8O3S/c1-21(2)18-12-8-16(9-13-18)10-14-19-15-11-17-6-4-5-7-20(17)22(19)3;11-14(12,13)10-6-5-8-3-1-2-4-9(8)7-10/h4-15H,1-3H3;1-7H,(H,11,12,13)/q+1;/p-1. The Labute approximate surface area is 212 Å². The molecule has 0 saturated carbocycles. The molecular weight excluding hydrogens is 468 g/mol. The Hall–Kier alpha value is -4.00. The van der Waals surface area contributed by atoms with Crippen LogP contribution in [-0.4, -0.2) is 27.1 Å². The lowest BCUT2D eigenvalue weighted by Crippen LogP contribution is -2.32. The van der Waals surface area contributed by atoms with E-state index in [9.17, 15) is 13.0 Å². The van der Waals surface area contributed by atoms with Crippen LogP contribution in [0.5, 0.6) is 0 Å². The Balaban J connectivity index is 0.000000187. The number of para-hydroxylation sites is 1. The van der Waals surface area contributed by atoms with Crippen molar-refractivity contribution in [3.63, 3.8) is 0 Å². The molecule has 5 nitrogen and oxygen atoms in total. The zero-order valence-electron chi connectivity index (χ0n) is 20.5. The fraction of sp³-hybridized carbons (Fsp3) is 0.100. The van der Waals surface area contributed by atoms with Crippen LogP contribution in [-0.2, 0) is 17.2 Å². The van der Waals surface area contributed by atoms with Crippen LogP contribution in [0, 0.1) is 0 Å². The number of fused-ring (bicyclic) bond motifs is 2. The van der Waals surface area contributed by atoms with Crippen LogP contribution in [0.15, 0.2) is 108 Å². The molecule has 4 aromatic carbocycles. The summed E-state index contributed by atoms with van der Waals surface area (Å²) in [5.41, 5.74) is 4.86. The Kier molecular flexibility index (Phi) is 7.48. The second kappa shape index (κ2) is 10.7. The van der Waals surface area contributed by atoms with Crippen molar-refractivity contribution in [1.82, 2.24) is 0 Å². The van der Waals surface area contributed by atoms with E-state index < -0.39 is 10.1 Å². The van der Waals surface area contributed by atoms with Gasteiger partial charge in [-0.15, -0.1) is 0 Å². The lowest BCUT2D eigenvalue weighted by Gasteiger charge is -2.11. The number of hydrogen-bond acceptors (Lipinski definition) is 4. The highest BCUT2D eigenvalue weighted by Gasteiger charge is 2.08. The van der Waals surface area contributed by atoms with Gasteiger partial charge in [0.05, 0.1) is 4.90 Å². The van der Waals surface area contributed by atoms with E-state index in [-0.39, 0.29) is 4.90 Å². The highest BCUT2D eigenvalue weighted by Crippen LogP contribution is 2.18. The number of aryl methyl sites for hydroxylation is 1. The Morgan fingerprint density at radius 2 is 1.33 bits per heavy atom. The summed E-state index contributed by atoms with van der Waals surface area (Å²) in [6, 6.07) is 33.0. The molecule has 0 unspecified atom stereocenters. The van der Waals surface area contributed by atoms with Gasteiger partial charge in [-0.2, -0.15) is 4.57 Å². The number of aromatic nitrogens is 1. The van der Waals surface area contributed by atoms with Gasteiger partial charge in [0.15, 0.2) is 0 Å². The summed E-state index contributed by atoms with van der Waals surface area (Å²) in [7, 11) is 1.87. The highest BCUT2D eigenvalue weighted by atomic mass is 32.2. The molecule has 0 fully saturated rings. The number of pyridine rings is 1. The predicted octanol–water partition coefficient (Wildman–Crippen LogP) is 5.64. The molecule has 1 aromatic heterocycles. The summed E-state index contributed by atoms with van der Waals surface area (Å²) in [5, 5.41) is 2.93. The fourth-order valence-electron chi connectivity index (χ4n) is 3.92. The summed E-state index contributed by atoms with van der Waals surface area (Å²) in [4.78, 5) is 1.92. The molecule has 0 N–H and O–H groups in total. The Bertz CT molecular complexity index is 1640. The molecule has 0 aliphatic heterocycles. The number of hydrogen-bond donors (Lipinski definition) is 0.